The Labute approximate surface area is 132 Å². The fourth-order valence-corrected chi connectivity index (χ4v) is 5.56. The second kappa shape index (κ2) is 6.77. The minimum absolute atomic E-state index is 0.198. The number of hydrogen-bond acceptors (Lipinski definition) is 4. The molecule has 1 saturated heterocycles. The molecule has 0 aliphatic carbocycles. The average molecular weight is 332 g/mol. The van der Waals surface area contributed by atoms with Gasteiger partial charge in [0.05, 0.1) is 11.0 Å². The molecule has 0 saturated carbocycles. The van der Waals surface area contributed by atoms with Crippen molar-refractivity contribution in [2.45, 2.75) is 51.5 Å². The predicted molar refractivity (Wildman–Crippen MR) is 86.4 cm³/mol. The van der Waals surface area contributed by atoms with Gasteiger partial charge < -0.3 is 4.74 Å². The molecule has 1 aromatic heterocycles. The number of sulfonamides is 1. The number of piperidine rings is 1. The van der Waals surface area contributed by atoms with Crippen LogP contribution >= 0.6 is 11.3 Å². The van der Waals surface area contributed by atoms with Crippen LogP contribution in [-0.2, 0) is 14.8 Å². The molecule has 0 N–H and O–H groups in total. The summed E-state index contributed by atoms with van der Waals surface area (Å²) in [6, 6.07) is 1.79. The number of aryl methyl sites for hydroxylation is 2. The van der Waals surface area contributed by atoms with Gasteiger partial charge in [0.2, 0.25) is 10.0 Å². The van der Waals surface area contributed by atoms with E-state index < -0.39 is 10.0 Å². The fraction of sp³-hybridized carbons (Fsp3) is 0.733. The molecule has 0 unspecified atom stereocenters. The quantitative estimate of drug-likeness (QED) is 0.832. The third-order valence-corrected chi connectivity index (χ3v) is 6.80. The molecule has 2 heterocycles. The molecule has 21 heavy (non-hydrogen) atoms. The normalized spacial score (nSPS) is 18.5. The zero-order valence-electron chi connectivity index (χ0n) is 13.3. The van der Waals surface area contributed by atoms with E-state index in [1.807, 2.05) is 13.8 Å². The summed E-state index contributed by atoms with van der Waals surface area (Å²) >= 11 is 1.54. The minimum Gasteiger partial charge on any atom is -0.378 e. The lowest BCUT2D eigenvalue weighted by Crippen LogP contribution is -2.41. The first-order valence-corrected chi connectivity index (χ1v) is 9.75. The Kier molecular flexibility index (Phi) is 5.46. The summed E-state index contributed by atoms with van der Waals surface area (Å²) in [7, 11) is -3.34. The molecule has 0 radical (unpaired) electrons. The Bertz CT molecular complexity index is 570. The molecule has 1 aromatic rings. The van der Waals surface area contributed by atoms with Gasteiger partial charge in [0.25, 0.3) is 0 Å². The van der Waals surface area contributed by atoms with Crippen LogP contribution < -0.4 is 0 Å². The van der Waals surface area contributed by atoms with Gasteiger partial charge in [-0.1, -0.05) is 13.8 Å². The molecular formula is C15H25NO3S2. The maximum Gasteiger partial charge on any atom is 0.244 e. The van der Waals surface area contributed by atoms with Gasteiger partial charge in [-0.15, -0.1) is 11.3 Å². The Hall–Kier alpha value is -0.430. The van der Waals surface area contributed by atoms with E-state index in [0.717, 1.165) is 29.2 Å². The SMILES string of the molecule is Cc1cc(S(=O)(=O)N2CCC(OCC(C)C)CC2)c(C)s1. The second-order valence-electron chi connectivity index (χ2n) is 6.11. The highest BCUT2D eigenvalue weighted by Gasteiger charge is 2.31. The van der Waals surface area contributed by atoms with Gasteiger partial charge in [0.15, 0.2) is 0 Å². The van der Waals surface area contributed by atoms with Gasteiger partial charge in [-0.05, 0) is 38.7 Å². The van der Waals surface area contributed by atoms with Crippen LogP contribution in [0.1, 0.15) is 36.4 Å². The summed E-state index contributed by atoms with van der Waals surface area (Å²) in [6.45, 7) is 9.94. The first-order chi connectivity index (χ1) is 9.80. The summed E-state index contributed by atoms with van der Waals surface area (Å²) in [5.74, 6) is 0.517. The van der Waals surface area contributed by atoms with Crippen LogP contribution in [0.15, 0.2) is 11.0 Å². The maximum absolute atomic E-state index is 12.7. The maximum atomic E-state index is 12.7. The molecule has 120 valence electrons. The highest BCUT2D eigenvalue weighted by molar-refractivity contribution is 7.89. The number of thiophene rings is 1. The third-order valence-electron chi connectivity index (χ3n) is 3.68. The molecule has 4 nitrogen and oxygen atoms in total. The molecular weight excluding hydrogens is 306 g/mol. The van der Waals surface area contributed by atoms with E-state index in [1.54, 1.807) is 21.7 Å². The zero-order valence-corrected chi connectivity index (χ0v) is 14.9. The second-order valence-corrected chi connectivity index (χ2v) is 9.47. The molecule has 1 aliphatic rings. The molecule has 0 spiro atoms. The highest BCUT2D eigenvalue weighted by Crippen LogP contribution is 2.29. The van der Waals surface area contributed by atoms with E-state index in [-0.39, 0.29) is 6.10 Å². The van der Waals surface area contributed by atoms with Crippen molar-refractivity contribution in [3.05, 3.63) is 15.8 Å². The Morgan fingerprint density at radius 1 is 1.33 bits per heavy atom. The van der Waals surface area contributed by atoms with E-state index in [1.165, 1.54) is 0 Å². The van der Waals surface area contributed by atoms with Crippen LogP contribution in [0.4, 0.5) is 0 Å². The van der Waals surface area contributed by atoms with Gasteiger partial charge in [-0.25, -0.2) is 8.42 Å². The van der Waals surface area contributed by atoms with Crippen LogP contribution in [-0.4, -0.2) is 38.5 Å². The van der Waals surface area contributed by atoms with Crippen molar-refractivity contribution >= 4 is 21.4 Å². The number of ether oxygens (including phenoxy) is 1. The number of rotatable bonds is 5. The Balaban J connectivity index is 2.00. The van der Waals surface area contributed by atoms with E-state index in [4.69, 9.17) is 4.74 Å². The molecule has 6 heteroatoms. The summed E-state index contributed by atoms with van der Waals surface area (Å²) < 4.78 is 32.8. The van der Waals surface area contributed by atoms with Crippen molar-refractivity contribution in [2.75, 3.05) is 19.7 Å². The van der Waals surface area contributed by atoms with Crippen molar-refractivity contribution in [1.82, 2.24) is 4.31 Å². The Morgan fingerprint density at radius 3 is 2.43 bits per heavy atom. The van der Waals surface area contributed by atoms with Crippen molar-refractivity contribution in [3.8, 4) is 0 Å². The van der Waals surface area contributed by atoms with Gasteiger partial charge in [0.1, 0.15) is 0 Å². The van der Waals surface area contributed by atoms with Crippen molar-refractivity contribution in [3.63, 3.8) is 0 Å². The highest BCUT2D eigenvalue weighted by atomic mass is 32.2. The summed E-state index contributed by atoms with van der Waals surface area (Å²) in [6.07, 6.45) is 1.77. The largest absolute Gasteiger partial charge is 0.378 e. The van der Waals surface area contributed by atoms with E-state index >= 15 is 0 Å². The summed E-state index contributed by atoms with van der Waals surface area (Å²) in [5, 5.41) is 0. The van der Waals surface area contributed by atoms with Gasteiger partial charge in [-0.3, -0.25) is 0 Å². The molecule has 0 bridgehead atoms. The molecule has 1 aliphatic heterocycles. The van der Waals surface area contributed by atoms with Gasteiger partial charge >= 0.3 is 0 Å². The lowest BCUT2D eigenvalue weighted by atomic mass is 10.1. The zero-order chi connectivity index (χ0) is 15.6. The average Bonchev–Trinajstić information content (AvgIpc) is 2.76. The smallest absolute Gasteiger partial charge is 0.244 e. The molecule has 0 aromatic carbocycles. The van der Waals surface area contributed by atoms with Crippen LogP contribution in [0, 0.1) is 19.8 Å². The predicted octanol–water partition coefficient (Wildman–Crippen LogP) is 3.19. The van der Waals surface area contributed by atoms with E-state index in [2.05, 4.69) is 13.8 Å². The number of nitrogens with zero attached hydrogens (tertiary/aromatic N) is 1. The van der Waals surface area contributed by atoms with Crippen LogP contribution in [0.5, 0.6) is 0 Å². The standard InChI is InChI=1S/C15H25NO3S2/c1-11(2)10-19-14-5-7-16(8-6-14)21(17,18)15-9-12(3)20-13(15)4/h9,11,14H,5-8,10H2,1-4H3. The fourth-order valence-electron chi connectivity index (χ4n) is 2.57. The van der Waals surface area contributed by atoms with Crippen LogP contribution in [0.25, 0.3) is 0 Å². The minimum atomic E-state index is -3.34. The van der Waals surface area contributed by atoms with E-state index in [0.29, 0.717) is 23.9 Å². The summed E-state index contributed by atoms with van der Waals surface area (Å²) in [5.41, 5.74) is 0. The lowest BCUT2D eigenvalue weighted by molar-refractivity contribution is 0.00749. The van der Waals surface area contributed by atoms with Gasteiger partial charge in [-0.2, -0.15) is 4.31 Å². The lowest BCUT2D eigenvalue weighted by Gasteiger charge is -2.31. The molecule has 1 fully saturated rings. The monoisotopic (exact) mass is 331 g/mol. The topological polar surface area (TPSA) is 46.6 Å². The molecule has 2 rings (SSSR count). The van der Waals surface area contributed by atoms with Crippen molar-refractivity contribution in [1.29, 1.82) is 0 Å². The van der Waals surface area contributed by atoms with E-state index in [9.17, 15) is 8.42 Å². The summed E-state index contributed by atoms with van der Waals surface area (Å²) in [4.78, 5) is 2.40. The molecule has 0 amide bonds. The van der Waals surface area contributed by atoms with Crippen LogP contribution in [0.2, 0.25) is 0 Å². The number of hydrogen-bond donors (Lipinski definition) is 0. The van der Waals surface area contributed by atoms with Crippen LogP contribution in [0.3, 0.4) is 0 Å². The van der Waals surface area contributed by atoms with Crippen molar-refractivity contribution in [2.24, 2.45) is 5.92 Å². The Morgan fingerprint density at radius 2 is 1.95 bits per heavy atom. The first-order valence-electron chi connectivity index (χ1n) is 7.49. The third kappa shape index (κ3) is 4.06. The molecule has 0 atom stereocenters. The van der Waals surface area contributed by atoms with Crippen molar-refractivity contribution < 1.29 is 13.2 Å². The first kappa shape index (κ1) is 16.9. The van der Waals surface area contributed by atoms with Gasteiger partial charge in [0, 0.05) is 29.5 Å².